The van der Waals surface area contributed by atoms with Crippen molar-refractivity contribution in [2.45, 2.75) is 102 Å². The molecule has 0 radical (unpaired) electrons. The highest BCUT2D eigenvalue weighted by atomic mass is 16.3. The molecule has 6 aromatic rings. The van der Waals surface area contributed by atoms with Crippen molar-refractivity contribution in [3.05, 3.63) is 138 Å². The average molecular weight is 926 g/mol. The predicted octanol–water partition coefficient (Wildman–Crippen LogP) is 3.95. The number of carbonyl (C=O) groups is 6. The van der Waals surface area contributed by atoms with Gasteiger partial charge in [0.1, 0.15) is 36.0 Å². The van der Waals surface area contributed by atoms with Crippen LogP contribution in [0.2, 0.25) is 0 Å². The molecule has 0 aliphatic rings. The topological polar surface area (TPSA) is 266 Å². The summed E-state index contributed by atoms with van der Waals surface area (Å²) >= 11 is 0. The van der Waals surface area contributed by atoms with Gasteiger partial charge in [0.25, 0.3) is 0 Å². The van der Waals surface area contributed by atoms with Crippen LogP contribution in [0.1, 0.15) is 62.8 Å². The van der Waals surface area contributed by atoms with Gasteiger partial charge in [0.05, 0.1) is 6.04 Å². The number of primary amides is 1. The van der Waals surface area contributed by atoms with E-state index in [2.05, 4.69) is 36.6 Å². The van der Waals surface area contributed by atoms with Crippen molar-refractivity contribution in [2.24, 2.45) is 23.3 Å². The third-order valence-corrected chi connectivity index (χ3v) is 11.8. The van der Waals surface area contributed by atoms with Crippen molar-refractivity contribution < 1.29 is 33.9 Å². The van der Waals surface area contributed by atoms with Crippen molar-refractivity contribution in [2.75, 3.05) is 0 Å². The Morgan fingerprint density at radius 1 is 0.485 bits per heavy atom. The molecule has 6 atom stereocenters. The molecule has 6 amide bonds. The Morgan fingerprint density at radius 3 is 1.38 bits per heavy atom. The molecule has 2 aromatic heterocycles. The van der Waals surface area contributed by atoms with E-state index in [1.54, 1.807) is 36.7 Å². The first-order valence-electron chi connectivity index (χ1n) is 23.0. The van der Waals surface area contributed by atoms with Gasteiger partial charge < -0.3 is 53.1 Å². The molecule has 0 unspecified atom stereocenters. The summed E-state index contributed by atoms with van der Waals surface area (Å²) in [5.41, 5.74) is 16.6. The van der Waals surface area contributed by atoms with Crippen LogP contribution in [0.4, 0.5) is 0 Å². The summed E-state index contributed by atoms with van der Waals surface area (Å²) in [5, 5.41) is 25.7. The molecule has 0 fully saturated rings. The first-order chi connectivity index (χ1) is 32.5. The van der Waals surface area contributed by atoms with E-state index >= 15 is 0 Å². The smallest absolute Gasteiger partial charge is 0.243 e. The van der Waals surface area contributed by atoms with Crippen LogP contribution >= 0.6 is 0 Å². The summed E-state index contributed by atoms with van der Waals surface area (Å²) in [7, 11) is 0. The number of hydrogen-bond donors (Lipinski definition) is 10. The third kappa shape index (κ3) is 13.8. The number of phenols is 1. The lowest BCUT2D eigenvalue weighted by Crippen LogP contribution is -2.60. The number of para-hydroxylation sites is 2. The Hall–Kier alpha value is -7.46. The van der Waals surface area contributed by atoms with Gasteiger partial charge in [-0.15, -0.1) is 0 Å². The number of aromatic amines is 2. The largest absolute Gasteiger partial charge is 0.508 e. The third-order valence-electron chi connectivity index (χ3n) is 11.8. The van der Waals surface area contributed by atoms with Gasteiger partial charge in [0.15, 0.2) is 0 Å². The molecular weight excluding hydrogens is 863 g/mol. The molecule has 68 heavy (non-hydrogen) atoms. The number of benzene rings is 4. The number of aromatic hydroxyl groups is 1. The van der Waals surface area contributed by atoms with E-state index < -0.39 is 71.7 Å². The Labute approximate surface area is 395 Å². The molecule has 16 nitrogen and oxygen atoms in total. The Balaban J connectivity index is 1.30. The molecule has 358 valence electrons. The monoisotopic (exact) mass is 925 g/mol. The van der Waals surface area contributed by atoms with Gasteiger partial charge in [-0.2, -0.15) is 0 Å². The number of fused-ring (bicyclic) bond motifs is 2. The van der Waals surface area contributed by atoms with E-state index in [-0.39, 0.29) is 49.7 Å². The Bertz CT molecular complexity index is 2680. The van der Waals surface area contributed by atoms with Crippen LogP contribution in [0.15, 0.2) is 116 Å². The standard InChI is InChI=1S/C52H63N9O7/c1-30(2)22-42(47(54)63)57-49(65)43(23-31(3)4)59-52(68)46(27-35-29-56-41-17-11-9-15-38(35)41)61-50(66)44(25-32-12-6-5-7-13-32)60-51(67)45(26-34-28-55-40-16-10-8-14-37(34)40)58-48(64)39(53)24-33-18-20-36(62)21-19-33/h5-21,28-31,39,42-46,55-56,62H,22-27,53H2,1-4H3,(H2,54,63)(H,57,65)(H,58,64)(H,59,68)(H,60,67)(H,61,66)/t39-,42-,43-,44-,45-,46-/m0/s1. The zero-order chi connectivity index (χ0) is 48.9. The maximum Gasteiger partial charge on any atom is 0.243 e. The number of amides is 6. The highest BCUT2D eigenvalue weighted by Gasteiger charge is 2.34. The summed E-state index contributed by atoms with van der Waals surface area (Å²) < 4.78 is 0. The molecule has 0 bridgehead atoms. The van der Waals surface area contributed by atoms with Crippen molar-refractivity contribution >= 4 is 57.2 Å². The number of rotatable bonds is 23. The van der Waals surface area contributed by atoms with Gasteiger partial charge in [0, 0.05) is 53.5 Å². The zero-order valence-electron chi connectivity index (χ0n) is 38.9. The minimum absolute atomic E-state index is 0.000958. The van der Waals surface area contributed by atoms with E-state index in [9.17, 15) is 33.9 Å². The number of H-pyrrole nitrogens is 2. The lowest BCUT2D eigenvalue weighted by atomic mass is 9.98. The Kier molecular flexibility index (Phi) is 17.1. The van der Waals surface area contributed by atoms with Crippen molar-refractivity contribution in [1.29, 1.82) is 0 Å². The van der Waals surface area contributed by atoms with E-state index in [0.717, 1.165) is 27.4 Å². The van der Waals surface area contributed by atoms with Crippen LogP contribution in [-0.4, -0.2) is 86.8 Å². The summed E-state index contributed by atoms with van der Waals surface area (Å²) in [6, 6.07) is 23.6. The van der Waals surface area contributed by atoms with Crippen LogP contribution in [-0.2, 0) is 54.5 Å². The molecular formula is C52H63N9O7. The highest BCUT2D eigenvalue weighted by Crippen LogP contribution is 2.22. The molecule has 4 aromatic carbocycles. The van der Waals surface area contributed by atoms with Crippen LogP contribution in [0.25, 0.3) is 21.8 Å². The number of nitrogens with two attached hydrogens (primary N) is 2. The van der Waals surface area contributed by atoms with Crippen molar-refractivity contribution in [1.82, 2.24) is 36.6 Å². The number of carbonyl (C=O) groups excluding carboxylic acids is 6. The van der Waals surface area contributed by atoms with Crippen molar-refractivity contribution in [3.8, 4) is 5.75 Å². The average Bonchev–Trinajstić information content (AvgIpc) is 3.92. The van der Waals surface area contributed by atoms with E-state index in [1.165, 1.54) is 12.1 Å². The second-order valence-electron chi connectivity index (χ2n) is 18.3. The fourth-order valence-corrected chi connectivity index (χ4v) is 8.29. The molecule has 12 N–H and O–H groups in total. The minimum atomic E-state index is -1.27. The number of phenolic OH excluding ortho intramolecular Hbond substituents is 1. The maximum atomic E-state index is 14.8. The zero-order valence-corrected chi connectivity index (χ0v) is 38.9. The summed E-state index contributed by atoms with van der Waals surface area (Å²) in [6.45, 7) is 7.59. The predicted molar refractivity (Wildman–Crippen MR) is 262 cm³/mol. The van der Waals surface area contributed by atoms with Gasteiger partial charge in [-0.1, -0.05) is 107 Å². The van der Waals surface area contributed by atoms with Crippen LogP contribution in [0.5, 0.6) is 5.75 Å². The molecule has 16 heteroatoms. The number of aromatic nitrogens is 2. The van der Waals surface area contributed by atoms with Gasteiger partial charge in [-0.3, -0.25) is 28.8 Å². The molecule has 0 saturated heterocycles. The van der Waals surface area contributed by atoms with Crippen LogP contribution in [0.3, 0.4) is 0 Å². The minimum Gasteiger partial charge on any atom is -0.508 e. The molecule has 0 aliphatic carbocycles. The SMILES string of the molecule is CC(C)C[C@H](NC(=O)[C@H](CC(C)C)NC(=O)[C@H](Cc1c[nH]c2ccccc12)NC(=O)[C@H](Cc1ccccc1)NC(=O)[C@H](Cc1c[nH]c2ccccc12)NC(=O)[C@@H](N)Cc1ccc(O)cc1)C(N)=O. The number of hydrogen-bond acceptors (Lipinski definition) is 8. The quantitative estimate of drug-likeness (QED) is 0.0449. The summed E-state index contributed by atoms with van der Waals surface area (Å²) in [6.07, 6.45) is 4.20. The fourth-order valence-electron chi connectivity index (χ4n) is 8.29. The molecule has 0 spiro atoms. The molecule has 0 saturated carbocycles. The lowest BCUT2D eigenvalue weighted by Gasteiger charge is -2.28. The Morgan fingerprint density at radius 2 is 0.882 bits per heavy atom. The fraction of sp³-hybridized carbons (Fsp3) is 0.346. The maximum absolute atomic E-state index is 14.8. The first-order valence-corrected chi connectivity index (χ1v) is 23.0. The lowest BCUT2D eigenvalue weighted by molar-refractivity contribution is -0.135. The summed E-state index contributed by atoms with van der Waals surface area (Å²) in [4.78, 5) is 90.5. The van der Waals surface area contributed by atoms with Gasteiger partial charge in [-0.25, -0.2) is 0 Å². The highest BCUT2D eigenvalue weighted by molar-refractivity contribution is 5.97. The molecule has 2 heterocycles. The molecule has 0 aliphatic heterocycles. The van der Waals surface area contributed by atoms with Gasteiger partial charge in [0.2, 0.25) is 35.4 Å². The number of nitrogens with one attached hydrogen (secondary N) is 7. The van der Waals surface area contributed by atoms with Gasteiger partial charge in [-0.05, 0) is 77.6 Å². The second kappa shape index (κ2) is 23.3. The van der Waals surface area contributed by atoms with Crippen molar-refractivity contribution in [3.63, 3.8) is 0 Å². The first kappa shape index (κ1) is 50.0. The van der Waals surface area contributed by atoms with Crippen LogP contribution in [0, 0.1) is 11.8 Å². The second-order valence-corrected chi connectivity index (χ2v) is 18.3. The summed E-state index contributed by atoms with van der Waals surface area (Å²) in [5.74, 6) is -3.88. The van der Waals surface area contributed by atoms with E-state index in [1.807, 2.05) is 94.4 Å². The molecule has 6 rings (SSSR count). The van der Waals surface area contributed by atoms with Gasteiger partial charge >= 0.3 is 0 Å². The van der Waals surface area contributed by atoms with E-state index in [0.29, 0.717) is 23.1 Å². The van der Waals surface area contributed by atoms with Crippen LogP contribution < -0.4 is 38.1 Å². The normalized spacial score (nSPS) is 14.1. The van der Waals surface area contributed by atoms with E-state index in [4.69, 9.17) is 11.5 Å².